The van der Waals surface area contributed by atoms with E-state index in [1.807, 2.05) is 30.3 Å². The number of halogens is 2. The van der Waals surface area contributed by atoms with Gasteiger partial charge < -0.3 is 4.52 Å². The molecule has 1 aliphatic rings. The lowest BCUT2D eigenvalue weighted by Gasteiger charge is -2.09. The molecule has 1 aromatic heterocycles. The second-order valence-electron chi connectivity index (χ2n) is 4.56. The number of nitrogens with zero attached hydrogens (tertiary/aromatic N) is 2. The summed E-state index contributed by atoms with van der Waals surface area (Å²) in [6.07, 6.45) is -1.04. The molecule has 18 heavy (non-hydrogen) atoms. The second kappa shape index (κ2) is 4.15. The van der Waals surface area contributed by atoms with Gasteiger partial charge in [0.2, 0.25) is 12.3 Å². The summed E-state index contributed by atoms with van der Waals surface area (Å²) < 4.78 is 29.6. The van der Waals surface area contributed by atoms with Crippen molar-refractivity contribution >= 4 is 0 Å². The summed E-state index contributed by atoms with van der Waals surface area (Å²) >= 11 is 0. The van der Waals surface area contributed by atoms with Gasteiger partial charge in [0.25, 0.3) is 0 Å². The van der Waals surface area contributed by atoms with Gasteiger partial charge in [0.1, 0.15) is 0 Å². The zero-order chi connectivity index (χ0) is 12.6. The van der Waals surface area contributed by atoms with Crippen LogP contribution in [0, 0.1) is 0 Å². The van der Waals surface area contributed by atoms with Gasteiger partial charge in [-0.2, -0.15) is 4.98 Å². The summed E-state index contributed by atoms with van der Waals surface area (Å²) in [5, 5.41) is 3.62. The Labute approximate surface area is 103 Å². The molecular weight excluding hydrogens is 238 g/mol. The number of alkyl halides is 2. The fourth-order valence-corrected chi connectivity index (χ4v) is 2.18. The molecule has 94 valence electrons. The third kappa shape index (κ3) is 1.89. The molecular formula is C13H12F2N2O. The number of rotatable bonds is 4. The molecule has 1 aromatic carbocycles. The average molecular weight is 250 g/mol. The van der Waals surface area contributed by atoms with E-state index in [4.69, 9.17) is 4.52 Å². The predicted molar refractivity (Wildman–Crippen MR) is 60.5 cm³/mol. The minimum absolute atomic E-state index is 0.0854. The van der Waals surface area contributed by atoms with E-state index in [2.05, 4.69) is 10.1 Å². The van der Waals surface area contributed by atoms with Gasteiger partial charge in [0, 0.05) is 0 Å². The van der Waals surface area contributed by atoms with Crippen molar-refractivity contribution in [2.24, 2.45) is 0 Å². The zero-order valence-corrected chi connectivity index (χ0v) is 9.64. The molecule has 0 bridgehead atoms. The molecule has 0 saturated heterocycles. The van der Waals surface area contributed by atoms with Crippen LogP contribution in [0.2, 0.25) is 0 Å². The molecule has 1 fully saturated rings. The van der Waals surface area contributed by atoms with Gasteiger partial charge in [-0.05, 0) is 18.4 Å². The molecule has 0 radical (unpaired) electrons. The first kappa shape index (κ1) is 11.3. The van der Waals surface area contributed by atoms with Gasteiger partial charge in [-0.15, -0.1) is 0 Å². The fraction of sp³-hybridized carbons (Fsp3) is 0.385. The lowest BCUT2D eigenvalue weighted by Crippen LogP contribution is -2.09. The standard InChI is InChI=1S/C13H12F2N2O/c14-10(15)8-11-16-12(18-17-11)13(6-7-13)9-4-2-1-3-5-9/h1-5,10H,6-8H2. The van der Waals surface area contributed by atoms with Crippen LogP contribution in [-0.2, 0) is 11.8 Å². The highest BCUT2D eigenvalue weighted by Gasteiger charge is 2.50. The summed E-state index contributed by atoms with van der Waals surface area (Å²) in [6.45, 7) is 0. The van der Waals surface area contributed by atoms with Crippen molar-refractivity contribution in [1.82, 2.24) is 10.1 Å². The highest BCUT2D eigenvalue weighted by molar-refractivity contribution is 5.37. The van der Waals surface area contributed by atoms with E-state index in [-0.39, 0.29) is 11.2 Å². The Morgan fingerprint density at radius 1 is 1.22 bits per heavy atom. The monoisotopic (exact) mass is 250 g/mol. The second-order valence-corrected chi connectivity index (χ2v) is 4.56. The summed E-state index contributed by atoms with van der Waals surface area (Å²) in [6, 6.07) is 9.85. The van der Waals surface area contributed by atoms with Crippen molar-refractivity contribution in [3.05, 3.63) is 47.6 Å². The van der Waals surface area contributed by atoms with Crippen LogP contribution in [0.3, 0.4) is 0 Å². The first-order valence-electron chi connectivity index (χ1n) is 5.87. The highest BCUT2D eigenvalue weighted by Crippen LogP contribution is 2.52. The number of aromatic nitrogens is 2. The lowest BCUT2D eigenvalue weighted by molar-refractivity contribution is 0.145. The molecule has 0 aliphatic heterocycles. The molecule has 3 rings (SSSR count). The minimum atomic E-state index is -2.44. The van der Waals surface area contributed by atoms with Gasteiger partial charge in [-0.3, -0.25) is 0 Å². The van der Waals surface area contributed by atoms with Crippen molar-refractivity contribution in [3.63, 3.8) is 0 Å². The fourth-order valence-electron chi connectivity index (χ4n) is 2.18. The lowest BCUT2D eigenvalue weighted by atomic mass is 9.96. The van der Waals surface area contributed by atoms with Crippen molar-refractivity contribution in [1.29, 1.82) is 0 Å². The Balaban J connectivity index is 1.89. The first-order chi connectivity index (χ1) is 8.71. The van der Waals surface area contributed by atoms with Gasteiger partial charge in [-0.1, -0.05) is 35.5 Å². The molecule has 2 aromatic rings. The summed E-state index contributed by atoms with van der Waals surface area (Å²) in [4.78, 5) is 4.10. The zero-order valence-electron chi connectivity index (χ0n) is 9.64. The van der Waals surface area contributed by atoms with Gasteiger partial charge in [0.15, 0.2) is 5.82 Å². The van der Waals surface area contributed by atoms with Crippen LogP contribution in [0.25, 0.3) is 0 Å². The number of benzene rings is 1. The van der Waals surface area contributed by atoms with E-state index in [1.165, 1.54) is 0 Å². The summed E-state index contributed by atoms with van der Waals surface area (Å²) in [5.74, 6) is 0.548. The summed E-state index contributed by atoms with van der Waals surface area (Å²) in [5.41, 5.74) is 0.867. The van der Waals surface area contributed by atoms with Crippen LogP contribution in [0.4, 0.5) is 8.78 Å². The smallest absolute Gasteiger partial charge is 0.245 e. The topological polar surface area (TPSA) is 38.9 Å². The maximum Gasteiger partial charge on any atom is 0.245 e. The molecule has 0 amide bonds. The minimum Gasteiger partial charge on any atom is -0.338 e. The maximum absolute atomic E-state index is 12.2. The van der Waals surface area contributed by atoms with Crippen molar-refractivity contribution in [3.8, 4) is 0 Å². The van der Waals surface area contributed by atoms with Crippen LogP contribution >= 0.6 is 0 Å². The summed E-state index contributed by atoms with van der Waals surface area (Å²) in [7, 11) is 0. The molecule has 0 unspecified atom stereocenters. The van der Waals surface area contributed by atoms with Crippen LogP contribution in [-0.4, -0.2) is 16.6 Å². The molecule has 0 N–H and O–H groups in total. The van der Waals surface area contributed by atoms with Crippen molar-refractivity contribution in [2.75, 3.05) is 0 Å². The van der Waals surface area contributed by atoms with Crippen LogP contribution in [0.5, 0.6) is 0 Å². The van der Waals surface area contributed by atoms with Gasteiger partial charge >= 0.3 is 0 Å². The third-order valence-electron chi connectivity index (χ3n) is 3.29. The van der Waals surface area contributed by atoms with E-state index in [9.17, 15) is 8.78 Å². The third-order valence-corrected chi connectivity index (χ3v) is 3.29. The Kier molecular flexibility index (Phi) is 2.61. The Morgan fingerprint density at radius 3 is 2.56 bits per heavy atom. The number of hydrogen-bond acceptors (Lipinski definition) is 3. The molecule has 3 nitrogen and oxygen atoms in total. The van der Waals surface area contributed by atoms with E-state index in [1.54, 1.807) is 0 Å². The van der Waals surface area contributed by atoms with E-state index in [0.29, 0.717) is 5.89 Å². The van der Waals surface area contributed by atoms with Gasteiger partial charge in [-0.25, -0.2) is 8.78 Å². The van der Waals surface area contributed by atoms with Crippen LogP contribution < -0.4 is 0 Å². The Hall–Kier alpha value is -1.78. The van der Waals surface area contributed by atoms with Crippen molar-refractivity contribution < 1.29 is 13.3 Å². The molecule has 1 heterocycles. The molecule has 1 saturated carbocycles. The van der Waals surface area contributed by atoms with E-state index >= 15 is 0 Å². The number of hydrogen-bond donors (Lipinski definition) is 0. The molecule has 1 aliphatic carbocycles. The van der Waals surface area contributed by atoms with Crippen LogP contribution in [0.1, 0.15) is 30.1 Å². The Morgan fingerprint density at radius 2 is 1.94 bits per heavy atom. The normalized spacial score (nSPS) is 17.1. The molecule has 0 spiro atoms. The maximum atomic E-state index is 12.2. The van der Waals surface area contributed by atoms with Crippen LogP contribution in [0.15, 0.2) is 34.9 Å². The predicted octanol–water partition coefficient (Wildman–Crippen LogP) is 2.96. The SMILES string of the molecule is FC(F)Cc1noc(C2(c3ccccc3)CC2)n1. The van der Waals surface area contributed by atoms with E-state index < -0.39 is 12.8 Å². The quantitative estimate of drug-likeness (QED) is 0.837. The molecule has 5 heteroatoms. The van der Waals surface area contributed by atoms with Gasteiger partial charge in [0.05, 0.1) is 11.8 Å². The average Bonchev–Trinajstić information content (AvgIpc) is 3.05. The Bertz CT molecular complexity index is 535. The van der Waals surface area contributed by atoms with E-state index in [0.717, 1.165) is 18.4 Å². The largest absolute Gasteiger partial charge is 0.338 e. The van der Waals surface area contributed by atoms with Crippen molar-refractivity contribution in [2.45, 2.75) is 31.1 Å². The first-order valence-corrected chi connectivity index (χ1v) is 5.87. The molecule has 0 atom stereocenters. The highest BCUT2D eigenvalue weighted by atomic mass is 19.3.